The predicted molar refractivity (Wildman–Crippen MR) is 87.0 cm³/mol. The van der Waals surface area contributed by atoms with Gasteiger partial charge in [-0.3, -0.25) is 14.3 Å². The molecule has 0 saturated heterocycles. The summed E-state index contributed by atoms with van der Waals surface area (Å²) in [5.41, 5.74) is 0.160. The molecule has 0 unspecified atom stereocenters. The Morgan fingerprint density at radius 2 is 2.04 bits per heavy atom. The Hall–Kier alpha value is -2.21. The van der Waals surface area contributed by atoms with Gasteiger partial charge in [0.25, 0.3) is 0 Å². The summed E-state index contributed by atoms with van der Waals surface area (Å²) in [6, 6.07) is 7.24. The van der Waals surface area contributed by atoms with E-state index in [-0.39, 0.29) is 24.4 Å². The third-order valence-corrected chi connectivity index (χ3v) is 4.58. The number of aliphatic hydroxyl groups is 1. The molecule has 3 rings (SSSR count). The zero-order valence-electron chi connectivity index (χ0n) is 13.0. The second-order valence-electron chi connectivity index (χ2n) is 6.19. The van der Waals surface area contributed by atoms with Gasteiger partial charge in [-0.25, -0.2) is 0 Å². The number of aromatic nitrogens is 2. The molecule has 1 saturated carbocycles. The first-order chi connectivity index (χ1) is 11.1. The predicted octanol–water partition coefficient (Wildman–Crippen LogP) is 1.21. The van der Waals surface area contributed by atoms with Crippen LogP contribution < -0.4 is 10.7 Å². The normalized spacial score (nSPS) is 16.6. The van der Waals surface area contributed by atoms with Crippen molar-refractivity contribution >= 4 is 16.8 Å². The molecule has 1 aromatic heterocycles. The number of amides is 1. The standard InChI is InChI=1S/C17H21N3O3/c21-12-17(8-3-4-9-17)19-16(23)7-10-20-14-6-2-1-5-13(14)15(22)11-18-20/h1-2,5-6,11,21H,3-4,7-10,12H2,(H,19,23). The zero-order chi connectivity index (χ0) is 16.3. The van der Waals surface area contributed by atoms with Gasteiger partial charge in [0.1, 0.15) is 0 Å². The fourth-order valence-electron chi connectivity index (χ4n) is 3.28. The van der Waals surface area contributed by atoms with Crippen LogP contribution in [-0.2, 0) is 11.3 Å². The van der Waals surface area contributed by atoms with E-state index in [2.05, 4.69) is 10.4 Å². The molecular formula is C17H21N3O3. The van der Waals surface area contributed by atoms with Gasteiger partial charge in [-0.05, 0) is 25.0 Å². The quantitative estimate of drug-likeness (QED) is 0.868. The number of fused-ring (bicyclic) bond motifs is 1. The second kappa shape index (κ2) is 6.50. The number of benzene rings is 1. The fourth-order valence-corrected chi connectivity index (χ4v) is 3.28. The summed E-state index contributed by atoms with van der Waals surface area (Å²) in [7, 11) is 0. The maximum Gasteiger partial charge on any atom is 0.222 e. The van der Waals surface area contributed by atoms with Crippen LogP contribution in [0.1, 0.15) is 32.1 Å². The Balaban J connectivity index is 1.70. The second-order valence-corrected chi connectivity index (χ2v) is 6.19. The molecule has 0 bridgehead atoms. The van der Waals surface area contributed by atoms with E-state index >= 15 is 0 Å². The third-order valence-electron chi connectivity index (χ3n) is 4.58. The molecule has 0 atom stereocenters. The number of hydrogen-bond donors (Lipinski definition) is 2. The number of carbonyl (C=O) groups is 1. The van der Waals surface area contributed by atoms with Gasteiger partial charge < -0.3 is 10.4 Å². The minimum absolute atomic E-state index is 0.0159. The van der Waals surface area contributed by atoms with Crippen molar-refractivity contribution in [1.82, 2.24) is 15.1 Å². The van der Waals surface area contributed by atoms with E-state index in [1.54, 1.807) is 10.7 Å². The minimum atomic E-state index is -0.448. The number of para-hydroxylation sites is 1. The Morgan fingerprint density at radius 1 is 1.30 bits per heavy atom. The first-order valence-electron chi connectivity index (χ1n) is 8.00. The number of hydrogen-bond acceptors (Lipinski definition) is 4. The van der Waals surface area contributed by atoms with Crippen molar-refractivity contribution in [3.05, 3.63) is 40.7 Å². The number of aliphatic hydroxyl groups excluding tert-OH is 1. The van der Waals surface area contributed by atoms with Gasteiger partial charge in [-0.15, -0.1) is 0 Å². The number of nitrogens with zero attached hydrogens (tertiary/aromatic N) is 2. The highest BCUT2D eigenvalue weighted by atomic mass is 16.3. The molecule has 1 fully saturated rings. The monoisotopic (exact) mass is 315 g/mol. The largest absolute Gasteiger partial charge is 0.394 e. The highest BCUT2D eigenvalue weighted by Crippen LogP contribution is 2.29. The van der Waals surface area contributed by atoms with Crippen LogP contribution in [0, 0.1) is 0 Å². The van der Waals surface area contributed by atoms with Crippen LogP contribution in [0.15, 0.2) is 35.3 Å². The summed E-state index contributed by atoms with van der Waals surface area (Å²) < 4.78 is 1.68. The van der Waals surface area contributed by atoms with Crippen LogP contribution in [0.5, 0.6) is 0 Å². The van der Waals surface area contributed by atoms with E-state index in [1.165, 1.54) is 6.20 Å². The van der Waals surface area contributed by atoms with Gasteiger partial charge in [0.2, 0.25) is 11.3 Å². The number of rotatable bonds is 5. The smallest absolute Gasteiger partial charge is 0.222 e. The molecule has 1 amide bonds. The van der Waals surface area contributed by atoms with Crippen LogP contribution in [0.25, 0.3) is 10.9 Å². The molecule has 0 spiro atoms. The average molecular weight is 315 g/mol. The molecule has 1 aromatic carbocycles. The van der Waals surface area contributed by atoms with Gasteiger partial charge >= 0.3 is 0 Å². The van der Waals surface area contributed by atoms with Gasteiger partial charge in [0.05, 0.1) is 30.4 Å². The van der Waals surface area contributed by atoms with E-state index in [0.717, 1.165) is 31.2 Å². The van der Waals surface area contributed by atoms with E-state index in [1.807, 2.05) is 18.2 Å². The molecule has 2 N–H and O–H groups in total. The maximum atomic E-state index is 12.2. The molecule has 23 heavy (non-hydrogen) atoms. The zero-order valence-corrected chi connectivity index (χ0v) is 13.0. The summed E-state index contributed by atoms with van der Waals surface area (Å²) in [5.74, 6) is -0.0921. The van der Waals surface area contributed by atoms with Gasteiger partial charge in [-0.2, -0.15) is 5.10 Å². The Morgan fingerprint density at radius 3 is 2.78 bits per heavy atom. The SMILES string of the molecule is O=C(CCn1ncc(=O)c2ccccc21)NC1(CO)CCCC1. The molecule has 0 radical (unpaired) electrons. The van der Waals surface area contributed by atoms with E-state index in [9.17, 15) is 14.7 Å². The summed E-state index contributed by atoms with van der Waals surface area (Å²) in [5, 5.41) is 17.3. The topological polar surface area (TPSA) is 84.2 Å². The van der Waals surface area contributed by atoms with Crippen LogP contribution in [-0.4, -0.2) is 32.9 Å². The van der Waals surface area contributed by atoms with Crippen molar-refractivity contribution in [2.24, 2.45) is 0 Å². The van der Waals surface area contributed by atoms with Crippen LogP contribution in [0.3, 0.4) is 0 Å². The van der Waals surface area contributed by atoms with Crippen LogP contribution in [0.4, 0.5) is 0 Å². The van der Waals surface area contributed by atoms with E-state index < -0.39 is 5.54 Å². The van der Waals surface area contributed by atoms with Crippen molar-refractivity contribution in [3.63, 3.8) is 0 Å². The molecule has 1 aliphatic rings. The van der Waals surface area contributed by atoms with Crippen molar-refractivity contribution in [2.45, 2.75) is 44.2 Å². The van der Waals surface area contributed by atoms with Gasteiger partial charge in [0, 0.05) is 11.8 Å². The van der Waals surface area contributed by atoms with Crippen molar-refractivity contribution < 1.29 is 9.90 Å². The minimum Gasteiger partial charge on any atom is -0.394 e. The number of aryl methyl sites for hydroxylation is 1. The highest BCUT2D eigenvalue weighted by Gasteiger charge is 2.34. The molecule has 122 valence electrons. The maximum absolute atomic E-state index is 12.2. The molecule has 2 aromatic rings. The summed E-state index contributed by atoms with van der Waals surface area (Å²) >= 11 is 0. The van der Waals surface area contributed by atoms with Crippen molar-refractivity contribution in [1.29, 1.82) is 0 Å². The lowest BCUT2D eigenvalue weighted by atomic mass is 9.99. The van der Waals surface area contributed by atoms with Gasteiger partial charge in [0.15, 0.2) is 0 Å². The fraction of sp³-hybridized carbons (Fsp3) is 0.471. The first kappa shape index (κ1) is 15.7. The average Bonchev–Trinajstić information content (AvgIpc) is 3.03. The Bertz CT molecular complexity index is 763. The lowest BCUT2D eigenvalue weighted by molar-refractivity contribution is -0.123. The first-order valence-corrected chi connectivity index (χ1v) is 8.00. The molecule has 6 nitrogen and oxygen atoms in total. The van der Waals surface area contributed by atoms with Crippen LogP contribution >= 0.6 is 0 Å². The summed E-state index contributed by atoms with van der Waals surface area (Å²) in [6.45, 7) is 0.381. The van der Waals surface area contributed by atoms with Crippen molar-refractivity contribution in [3.8, 4) is 0 Å². The van der Waals surface area contributed by atoms with E-state index in [4.69, 9.17) is 0 Å². The number of nitrogens with one attached hydrogen (secondary N) is 1. The molecule has 0 aliphatic heterocycles. The molecule has 1 heterocycles. The number of carbonyl (C=O) groups excluding carboxylic acids is 1. The highest BCUT2D eigenvalue weighted by molar-refractivity contribution is 5.79. The lowest BCUT2D eigenvalue weighted by Gasteiger charge is -2.28. The Labute approximate surface area is 134 Å². The van der Waals surface area contributed by atoms with Crippen molar-refractivity contribution in [2.75, 3.05) is 6.61 Å². The van der Waals surface area contributed by atoms with Gasteiger partial charge in [-0.1, -0.05) is 25.0 Å². The summed E-state index contributed by atoms with van der Waals surface area (Å²) in [6.07, 6.45) is 5.27. The molecule has 1 aliphatic carbocycles. The Kier molecular flexibility index (Phi) is 4.43. The lowest BCUT2D eigenvalue weighted by Crippen LogP contribution is -2.49. The van der Waals surface area contributed by atoms with Crippen LogP contribution in [0.2, 0.25) is 0 Å². The summed E-state index contributed by atoms with van der Waals surface area (Å²) in [4.78, 5) is 24.0. The molecule has 6 heteroatoms. The molecular weight excluding hydrogens is 294 g/mol. The third kappa shape index (κ3) is 3.27. The van der Waals surface area contributed by atoms with E-state index in [0.29, 0.717) is 11.9 Å².